The molecular weight excluding hydrogens is 1050 g/mol. The maximum absolute atomic E-state index is 14.1. The third-order valence-corrected chi connectivity index (χ3v) is 12.4. The molecule has 19 N–H and O–H groups in total. The summed E-state index contributed by atoms with van der Waals surface area (Å²) in [5.41, 5.74) is 23.1. The number of aromatic nitrogens is 1. The Morgan fingerprint density at radius 3 is 1.99 bits per heavy atom. The number of aromatic hydroxyl groups is 1. The van der Waals surface area contributed by atoms with Crippen molar-refractivity contribution in [3.05, 3.63) is 65.9 Å². The summed E-state index contributed by atoms with van der Waals surface area (Å²) in [6.07, 6.45) is 1.97. The van der Waals surface area contributed by atoms with E-state index in [1.807, 2.05) is 0 Å². The van der Waals surface area contributed by atoms with Crippen molar-refractivity contribution in [2.75, 3.05) is 32.8 Å². The Morgan fingerprint density at radius 2 is 1.35 bits per heavy atom. The summed E-state index contributed by atoms with van der Waals surface area (Å²) in [7, 11) is 0. The maximum Gasteiger partial charge on any atom is 0.245 e. The van der Waals surface area contributed by atoms with Gasteiger partial charge in [-0.1, -0.05) is 44.2 Å². The van der Waals surface area contributed by atoms with Gasteiger partial charge in [0.05, 0.1) is 19.7 Å². The van der Waals surface area contributed by atoms with Gasteiger partial charge in [0.25, 0.3) is 0 Å². The van der Waals surface area contributed by atoms with Crippen LogP contribution < -0.4 is 65.5 Å². The number of aliphatic imine (C=N–C) groups is 1. The lowest BCUT2D eigenvalue weighted by molar-refractivity contribution is -0.142. The number of phenols is 1. The number of hydrogen-bond donors (Lipinski definition) is 15. The van der Waals surface area contributed by atoms with Gasteiger partial charge in [-0.3, -0.25) is 57.7 Å². The third-order valence-electron chi connectivity index (χ3n) is 12.4. The molecule has 1 aliphatic heterocycles. The predicted molar refractivity (Wildman–Crippen MR) is 289 cm³/mol. The number of likely N-dealkylation sites (tertiary alicyclic amines) is 1. The minimum Gasteiger partial charge on any atom is -0.508 e. The van der Waals surface area contributed by atoms with Gasteiger partial charge in [0.15, 0.2) is 5.96 Å². The minimum absolute atomic E-state index is 0. The quantitative estimate of drug-likeness (QED) is 0.0122. The molecule has 11 amide bonds. The number of fused-ring (bicyclic) bond motifs is 1. The first kappa shape index (κ1) is 64.8. The number of aliphatic hydroxyl groups is 1. The average molecular weight is 1130 g/mol. The number of carbonyl (C=O) groups is 11. The van der Waals surface area contributed by atoms with Gasteiger partial charge in [-0.25, -0.2) is 0 Å². The lowest BCUT2D eigenvalue weighted by Gasteiger charge is -2.30. The number of phenolic OH excluding ortho intramolecular Hbond substituents is 1. The number of H-pyrrole nitrogens is 1. The number of benzene rings is 2. The number of para-hydroxylation sites is 1. The summed E-state index contributed by atoms with van der Waals surface area (Å²) in [6.45, 7) is 1.62. The van der Waals surface area contributed by atoms with Crippen LogP contribution in [0.5, 0.6) is 5.75 Å². The van der Waals surface area contributed by atoms with Crippen LogP contribution in [-0.4, -0.2) is 167 Å². The maximum atomic E-state index is 14.1. The van der Waals surface area contributed by atoms with Gasteiger partial charge in [-0.2, -0.15) is 0 Å². The zero-order valence-electron chi connectivity index (χ0n) is 43.8. The van der Waals surface area contributed by atoms with Gasteiger partial charge in [-0.15, -0.1) is 12.4 Å². The molecule has 7 atom stereocenters. The Morgan fingerprint density at radius 1 is 0.734 bits per heavy atom. The molecule has 432 valence electrons. The summed E-state index contributed by atoms with van der Waals surface area (Å²) < 4.78 is 0. The van der Waals surface area contributed by atoms with Crippen molar-refractivity contribution < 1.29 is 63.0 Å². The zero-order chi connectivity index (χ0) is 57.5. The smallest absolute Gasteiger partial charge is 0.245 e. The number of nitrogens with zero attached hydrogens (tertiary/aromatic N) is 2. The minimum atomic E-state index is -1.75. The lowest BCUT2D eigenvalue weighted by Crippen LogP contribution is -2.60. The van der Waals surface area contributed by atoms with Crippen molar-refractivity contribution in [2.45, 2.75) is 114 Å². The Kier molecular flexibility index (Phi) is 26.4. The van der Waals surface area contributed by atoms with Crippen molar-refractivity contribution in [1.29, 1.82) is 0 Å². The molecule has 28 nitrogen and oxygen atoms in total. The monoisotopic (exact) mass is 1130 g/mol. The largest absolute Gasteiger partial charge is 0.508 e. The van der Waals surface area contributed by atoms with Crippen LogP contribution in [-0.2, 0) is 65.6 Å². The van der Waals surface area contributed by atoms with E-state index in [2.05, 4.69) is 52.5 Å². The Balaban J connectivity index is 0.0000164. The standard InChI is InChI=1S/C50H71N15O13.ClH/c1-27(2)19-35(45(74)61-34(9-5-17-55-50(53)54)49(78)65-18-6-10-39(65)48(77)57-23-41(52)70)60-42(71)24-58-43(72)36(20-28-11-13-30(68)14-12-28)62-47(76)38(25-66)64-46(75)37(21-29-22-56-32-8-4-3-7-31(29)32)63-44(73)33(59-26-67)15-16-40(51)69;/h3-4,7-8,11-14,22,26-27,33-39,56,66,68H,5-6,9-10,15-21,23-25H2,1-2H3,(H2,51,69)(H2,52,70)(H,57,77)(H,58,72)(H,59,67)(H,60,71)(H,61,74)(H,62,76)(H,63,73)(H,64,75)(H4,53,54,55);1H/t33-,34-,35-,36-,37-,38-,39-;/m0./s1. The molecule has 29 heteroatoms. The van der Waals surface area contributed by atoms with Gasteiger partial charge in [-0.05, 0) is 73.8 Å². The van der Waals surface area contributed by atoms with Gasteiger partial charge >= 0.3 is 0 Å². The molecule has 0 unspecified atom stereocenters. The van der Waals surface area contributed by atoms with Gasteiger partial charge < -0.3 is 85.6 Å². The van der Waals surface area contributed by atoms with Crippen LogP contribution in [0.15, 0.2) is 59.7 Å². The van der Waals surface area contributed by atoms with Crippen LogP contribution in [0, 0.1) is 5.92 Å². The number of amides is 11. The fraction of sp³-hybridized carbons (Fsp3) is 0.480. The van der Waals surface area contributed by atoms with Gasteiger partial charge in [0.1, 0.15) is 48.0 Å². The summed E-state index contributed by atoms with van der Waals surface area (Å²) in [5, 5.41) is 41.0. The molecule has 1 aliphatic rings. The highest BCUT2D eigenvalue weighted by molar-refractivity contribution is 5.98. The summed E-state index contributed by atoms with van der Waals surface area (Å²) in [4.78, 5) is 153. The molecule has 1 fully saturated rings. The summed E-state index contributed by atoms with van der Waals surface area (Å²) in [6, 6.07) is 3.24. The van der Waals surface area contributed by atoms with Crippen LogP contribution >= 0.6 is 12.4 Å². The van der Waals surface area contributed by atoms with E-state index in [-0.39, 0.29) is 101 Å². The van der Waals surface area contributed by atoms with Crippen LogP contribution in [0.1, 0.15) is 69.9 Å². The number of primary amides is 2. The van der Waals surface area contributed by atoms with Crippen molar-refractivity contribution in [1.82, 2.24) is 52.4 Å². The molecule has 4 rings (SSSR count). The Labute approximate surface area is 460 Å². The lowest BCUT2D eigenvalue weighted by atomic mass is 10.0. The number of nitrogens with one attached hydrogen (secondary N) is 9. The van der Waals surface area contributed by atoms with E-state index < -0.39 is 121 Å². The van der Waals surface area contributed by atoms with Crippen molar-refractivity contribution in [3.63, 3.8) is 0 Å². The Bertz CT molecular complexity index is 2650. The molecule has 1 saturated heterocycles. The highest BCUT2D eigenvalue weighted by Crippen LogP contribution is 2.22. The SMILES string of the molecule is CC(C)C[C@H](NC(=O)CNC(=O)[C@H](Cc1ccc(O)cc1)NC(=O)[C@H](CO)NC(=O)[C@H](Cc1c[nH]c2ccccc12)NC(=O)[C@H](CCC(N)=O)NC=O)C(=O)N[C@@H](CCCN=C(N)N)C(=O)N1CCC[C@H]1C(=O)NCC(N)=O.Cl. The molecule has 3 aromatic rings. The molecule has 0 radical (unpaired) electrons. The number of hydrogen-bond acceptors (Lipinski definition) is 14. The second-order valence-corrected chi connectivity index (χ2v) is 19.0. The molecular formula is C50H72ClN15O13. The number of guanidine groups is 1. The number of carbonyl (C=O) groups excluding carboxylic acids is 11. The number of halogens is 1. The number of nitrogens with two attached hydrogens (primary N) is 4. The van der Waals surface area contributed by atoms with E-state index in [9.17, 15) is 63.0 Å². The average Bonchev–Trinajstić information content (AvgIpc) is 4.07. The first-order valence-corrected chi connectivity index (χ1v) is 25.2. The van der Waals surface area contributed by atoms with Gasteiger partial charge in [0, 0.05) is 49.5 Å². The van der Waals surface area contributed by atoms with Crippen molar-refractivity contribution in [2.24, 2.45) is 33.8 Å². The molecule has 0 aliphatic carbocycles. The van der Waals surface area contributed by atoms with Crippen LogP contribution in [0.25, 0.3) is 10.9 Å². The van der Waals surface area contributed by atoms with Gasteiger partial charge in [0.2, 0.25) is 65.5 Å². The van der Waals surface area contributed by atoms with E-state index in [0.29, 0.717) is 28.5 Å². The van der Waals surface area contributed by atoms with E-state index >= 15 is 0 Å². The second kappa shape index (κ2) is 32.3. The fourth-order valence-corrected chi connectivity index (χ4v) is 8.54. The molecule has 0 saturated carbocycles. The van der Waals surface area contributed by atoms with E-state index in [1.54, 1.807) is 44.3 Å². The second-order valence-electron chi connectivity index (χ2n) is 19.0. The molecule has 0 bridgehead atoms. The number of aromatic amines is 1. The Hall–Kier alpha value is -8.53. The van der Waals surface area contributed by atoms with E-state index in [4.69, 9.17) is 22.9 Å². The molecule has 79 heavy (non-hydrogen) atoms. The van der Waals surface area contributed by atoms with Crippen LogP contribution in [0.4, 0.5) is 0 Å². The highest BCUT2D eigenvalue weighted by Gasteiger charge is 2.39. The summed E-state index contributed by atoms with van der Waals surface area (Å²) in [5.74, 6) is -8.71. The normalized spacial score (nSPS) is 15.0. The first-order valence-electron chi connectivity index (χ1n) is 25.2. The molecule has 0 spiro atoms. The van der Waals surface area contributed by atoms with Crippen molar-refractivity contribution >= 4 is 94.8 Å². The first-order chi connectivity index (χ1) is 37.1. The zero-order valence-corrected chi connectivity index (χ0v) is 44.6. The topological polar surface area (TPSA) is 460 Å². The van der Waals surface area contributed by atoms with Crippen LogP contribution in [0.3, 0.4) is 0 Å². The van der Waals surface area contributed by atoms with Crippen molar-refractivity contribution in [3.8, 4) is 5.75 Å². The van der Waals surface area contributed by atoms with Crippen LogP contribution in [0.2, 0.25) is 0 Å². The molecule has 1 aromatic heterocycles. The number of aliphatic hydroxyl groups excluding tert-OH is 1. The predicted octanol–water partition coefficient (Wildman–Crippen LogP) is -4.31. The number of rotatable bonds is 32. The molecule has 2 aromatic carbocycles. The highest BCUT2D eigenvalue weighted by atomic mass is 35.5. The summed E-state index contributed by atoms with van der Waals surface area (Å²) >= 11 is 0. The third kappa shape index (κ3) is 21.1. The van der Waals surface area contributed by atoms with E-state index in [1.165, 1.54) is 29.2 Å². The molecule has 2 heterocycles. The van der Waals surface area contributed by atoms with E-state index in [0.717, 1.165) is 0 Å². The fourth-order valence-electron chi connectivity index (χ4n) is 8.54.